The molecule has 0 saturated heterocycles. The standard InChI is InChI=1S/C27H24N4O2.C2H4O2/c1-18(32)29-23-11-6-20(7-12-23)27(33)30-24-13-16-26-21(17-24)8-15-25(31(26)2)14-5-19-3-9-22(28)10-4-19;1-2(3)4/h3-17,28H,1-2H3,(H2,29,30,32,33);1H3,(H,3,4). The van der Waals surface area contributed by atoms with Crippen LogP contribution in [0.2, 0.25) is 0 Å². The van der Waals surface area contributed by atoms with Crippen molar-refractivity contribution in [2.45, 2.75) is 13.8 Å². The zero-order chi connectivity index (χ0) is 26.9. The number of nitrogens with one attached hydrogen (secondary N) is 2. The number of benzene rings is 3. The van der Waals surface area contributed by atoms with Crippen molar-refractivity contribution < 1.29 is 24.1 Å². The molecular weight excluding hydrogens is 468 g/mol. The van der Waals surface area contributed by atoms with Gasteiger partial charge in [-0.2, -0.15) is 4.57 Å². The summed E-state index contributed by atoms with van der Waals surface area (Å²) in [4.78, 5) is 32.7. The Morgan fingerprint density at radius 3 is 2.05 bits per heavy atom. The Hall–Kier alpha value is -4.98. The number of aliphatic carboxylic acids is 1. The van der Waals surface area contributed by atoms with Gasteiger partial charge >= 0.3 is 0 Å². The number of carbonyl (C=O) groups is 3. The lowest BCUT2D eigenvalue weighted by molar-refractivity contribution is -0.646. The maximum atomic E-state index is 12.6. The molecule has 0 radical (unpaired) electrons. The van der Waals surface area contributed by atoms with Crippen molar-refractivity contribution >= 4 is 57.9 Å². The molecule has 2 amide bonds. The molecule has 4 rings (SSSR count). The molecule has 37 heavy (non-hydrogen) atoms. The molecule has 0 aliphatic heterocycles. The van der Waals surface area contributed by atoms with Crippen LogP contribution >= 0.6 is 0 Å². The normalized spacial score (nSPS) is 10.5. The topological polar surface area (TPSA) is 128 Å². The number of anilines is 3. The largest absolute Gasteiger partial charge is 0.550 e. The Bertz CT molecular complexity index is 1460. The third-order valence-corrected chi connectivity index (χ3v) is 5.32. The number of rotatable bonds is 5. The first-order chi connectivity index (χ1) is 17.6. The number of carboxylic acids is 1. The fourth-order valence-electron chi connectivity index (χ4n) is 3.56. The first-order valence-corrected chi connectivity index (χ1v) is 11.5. The molecule has 0 aliphatic carbocycles. The lowest BCUT2D eigenvalue weighted by Gasteiger charge is -2.08. The van der Waals surface area contributed by atoms with Crippen LogP contribution in [0.15, 0.2) is 78.9 Å². The number of pyridine rings is 1. The highest BCUT2D eigenvalue weighted by Crippen LogP contribution is 2.19. The molecule has 0 saturated carbocycles. The molecule has 0 aliphatic rings. The number of carboxylic acid groups (broad SMARTS) is 1. The number of nitrogen functional groups attached to an aromatic ring is 1. The van der Waals surface area contributed by atoms with Gasteiger partial charge in [0.2, 0.25) is 17.1 Å². The van der Waals surface area contributed by atoms with Crippen molar-refractivity contribution in [3.05, 3.63) is 95.7 Å². The molecule has 0 unspecified atom stereocenters. The van der Waals surface area contributed by atoms with E-state index in [-0.39, 0.29) is 11.8 Å². The number of aryl methyl sites for hydroxylation is 1. The lowest BCUT2D eigenvalue weighted by atomic mass is 10.1. The number of aromatic nitrogens is 1. The van der Waals surface area contributed by atoms with Gasteiger partial charge < -0.3 is 26.3 Å². The van der Waals surface area contributed by atoms with Gasteiger partial charge in [0, 0.05) is 59.1 Å². The predicted molar refractivity (Wildman–Crippen MR) is 144 cm³/mol. The van der Waals surface area contributed by atoms with Gasteiger partial charge in [0.1, 0.15) is 7.05 Å². The summed E-state index contributed by atoms with van der Waals surface area (Å²) in [6, 6.07) is 24.4. The molecular formula is C29H28N4O4. The van der Waals surface area contributed by atoms with Crippen molar-refractivity contribution in [1.29, 1.82) is 0 Å². The highest BCUT2D eigenvalue weighted by molar-refractivity contribution is 6.05. The van der Waals surface area contributed by atoms with E-state index in [2.05, 4.69) is 21.3 Å². The molecule has 8 heteroatoms. The van der Waals surface area contributed by atoms with Crippen molar-refractivity contribution in [3.8, 4) is 0 Å². The van der Waals surface area contributed by atoms with Crippen LogP contribution in [-0.4, -0.2) is 17.8 Å². The van der Waals surface area contributed by atoms with Gasteiger partial charge in [0.15, 0.2) is 0 Å². The molecule has 188 valence electrons. The van der Waals surface area contributed by atoms with E-state index >= 15 is 0 Å². The summed E-state index contributed by atoms with van der Waals surface area (Å²) in [5.41, 5.74) is 11.5. The zero-order valence-electron chi connectivity index (χ0n) is 20.8. The minimum Gasteiger partial charge on any atom is -0.550 e. The summed E-state index contributed by atoms with van der Waals surface area (Å²) in [6.45, 7) is 2.42. The van der Waals surface area contributed by atoms with E-state index in [1.807, 2.05) is 67.7 Å². The fourth-order valence-corrected chi connectivity index (χ4v) is 3.56. The molecule has 0 fully saturated rings. The summed E-state index contributed by atoms with van der Waals surface area (Å²) in [5, 5.41) is 15.5. The minimum atomic E-state index is -1.08. The number of amides is 2. The van der Waals surface area contributed by atoms with E-state index in [0.29, 0.717) is 16.9 Å². The van der Waals surface area contributed by atoms with E-state index in [0.717, 1.165) is 34.8 Å². The van der Waals surface area contributed by atoms with E-state index in [1.165, 1.54) is 6.92 Å². The Labute approximate surface area is 215 Å². The van der Waals surface area contributed by atoms with Crippen LogP contribution in [0.3, 0.4) is 0 Å². The smallest absolute Gasteiger partial charge is 0.255 e. The zero-order valence-corrected chi connectivity index (χ0v) is 20.8. The van der Waals surface area contributed by atoms with Crippen LogP contribution in [-0.2, 0) is 16.6 Å². The number of carbonyl (C=O) groups excluding carboxylic acids is 3. The summed E-state index contributed by atoms with van der Waals surface area (Å²) in [6.07, 6.45) is 4.11. The van der Waals surface area contributed by atoms with Crippen LogP contribution in [0.5, 0.6) is 0 Å². The molecule has 1 heterocycles. The van der Waals surface area contributed by atoms with Gasteiger partial charge in [0.05, 0.1) is 0 Å². The Kier molecular flexibility index (Phi) is 8.72. The second-order valence-electron chi connectivity index (χ2n) is 8.30. The number of hydrogen-bond donors (Lipinski definition) is 3. The minimum absolute atomic E-state index is 0.152. The quantitative estimate of drug-likeness (QED) is 0.288. The third-order valence-electron chi connectivity index (χ3n) is 5.32. The highest BCUT2D eigenvalue weighted by Gasteiger charge is 2.12. The summed E-state index contributed by atoms with van der Waals surface area (Å²) >= 11 is 0. The molecule has 3 aromatic carbocycles. The van der Waals surface area contributed by atoms with E-state index in [1.54, 1.807) is 24.3 Å². The van der Waals surface area contributed by atoms with Crippen LogP contribution in [0.25, 0.3) is 23.1 Å². The highest BCUT2D eigenvalue weighted by atomic mass is 16.4. The first-order valence-electron chi connectivity index (χ1n) is 11.5. The Morgan fingerprint density at radius 2 is 1.43 bits per heavy atom. The number of nitrogens with two attached hydrogens (primary N) is 1. The second kappa shape index (κ2) is 12.1. The van der Waals surface area contributed by atoms with Gasteiger partial charge in [-0.05, 0) is 73.2 Å². The maximum Gasteiger partial charge on any atom is 0.255 e. The molecule has 8 nitrogen and oxygen atoms in total. The molecule has 4 N–H and O–H groups in total. The van der Waals surface area contributed by atoms with Crippen molar-refractivity contribution in [3.63, 3.8) is 0 Å². The van der Waals surface area contributed by atoms with Gasteiger partial charge in [-0.15, -0.1) is 0 Å². The Morgan fingerprint density at radius 1 is 0.811 bits per heavy atom. The van der Waals surface area contributed by atoms with Gasteiger partial charge in [-0.1, -0.05) is 12.1 Å². The Balaban J connectivity index is 0.000000886. The molecule has 1 aromatic heterocycles. The second-order valence-corrected chi connectivity index (χ2v) is 8.30. The molecule has 0 bridgehead atoms. The van der Waals surface area contributed by atoms with Crippen molar-refractivity contribution in [2.75, 3.05) is 16.4 Å². The summed E-state index contributed by atoms with van der Waals surface area (Å²) in [7, 11) is 2.01. The van der Waals surface area contributed by atoms with Crippen LogP contribution in [0.4, 0.5) is 17.1 Å². The van der Waals surface area contributed by atoms with E-state index in [9.17, 15) is 9.59 Å². The first kappa shape index (κ1) is 26.6. The van der Waals surface area contributed by atoms with Gasteiger partial charge in [-0.3, -0.25) is 9.59 Å². The molecule has 0 atom stereocenters. The van der Waals surface area contributed by atoms with Gasteiger partial charge in [0.25, 0.3) is 5.91 Å². The monoisotopic (exact) mass is 496 g/mol. The molecule has 0 spiro atoms. The van der Waals surface area contributed by atoms with E-state index in [4.69, 9.17) is 15.6 Å². The summed E-state index contributed by atoms with van der Waals surface area (Å²) in [5.74, 6) is -1.45. The average molecular weight is 497 g/mol. The number of nitrogens with zero attached hydrogens (tertiary/aromatic N) is 1. The third kappa shape index (κ3) is 7.76. The van der Waals surface area contributed by atoms with Crippen molar-refractivity contribution in [2.24, 2.45) is 7.05 Å². The van der Waals surface area contributed by atoms with Crippen molar-refractivity contribution in [1.82, 2.24) is 0 Å². The van der Waals surface area contributed by atoms with Crippen LogP contribution in [0, 0.1) is 0 Å². The van der Waals surface area contributed by atoms with E-state index < -0.39 is 5.97 Å². The SMILES string of the molecule is CC(=O)Nc1ccc(C(=O)Nc2ccc3c(ccc(/C=C/c4ccc(N)cc4)[n+]3C)c2)cc1.CC(=O)[O-]. The summed E-state index contributed by atoms with van der Waals surface area (Å²) < 4.78 is 2.11. The van der Waals surface area contributed by atoms with Crippen LogP contribution in [0.1, 0.15) is 35.5 Å². The maximum absolute atomic E-state index is 12.6. The average Bonchev–Trinajstić information content (AvgIpc) is 2.84. The lowest BCUT2D eigenvalue weighted by Crippen LogP contribution is -2.32. The molecule has 4 aromatic rings. The fraction of sp³-hybridized carbons (Fsp3) is 0.103. The van der Waals surface area contributed by atoms with Crippen LogP contribution < -0.4 is 26.0 Å². The number of fused-ring (bicyclic) bond motifs is 1. The number of hydrogen-bond acceptors (Lipinski definition) is 5. The van der Waals surface area contributed by atoms with Gasteiger partial charge in [-0.25, -0.2) is 0 Å². The predicted octanol–water partition coefficient (Wildman–Crippen LogP) is 3.38.